The SMILES string of the molecule is CN(Cc1ccoc1)C(=O)CCc1ccc(N)cc1. The molecular weight excluding hydrogens is 240 g/mol. The van der Waals surface area contributed by atoms with Crippen LogP contribution in [0, 0.1) is 0 Å². The van der Waals surface area contributed by atoms with Crippen LogP contribution in [0.5, 0.6) is 0 Å². The average molecular weight is 258 g/mol. The highest BCUT2D eigenvalue weighted by Gasteiger charge is 2.09. The highest BCUT2D eigenvalue weighted by molar-refractivity contribution is 5.76. The summed E-state index contributed by atoms with van der Waals surface area (Å²) in [7, 11) is 1.80. The monoisotopic (exact) mass is 258 g/mol. The molecule has 0 atom stereocenters. The minimum atomic E-state index is 0.123. The predicted octanol–water partition coefficient (Wildman–Crippen LogP) is 2.45. The van der Waals surface area contributed by atoms with E-state index in [0.717, 1.165) is 23.2 Å². The molecule has 4 nitrogen and oxygen atoms in total. The van der Waals surface area contributed by atoms with Crippen LogP contribution in [0.1, 0.15) is 17.5 Å². The maximum absolute atomic E-state index is 12.0. The Hall–Kier alpha value is -2.23. The molecule has 1 heterocycles. The third-order valence-electron chi connectivity index (χ3n) is 3.03. The van der Waals surface area contributed by atoms with E-state index < -0.39 is 0 Å². The molecule has 0 unspecified atom stereocenters. The van der Waals surface area contributed by atoms with Crippen LogP contribution in [0.4, 0.5) is 5.69 Å². The summed E-state index contributed by atoms with van der Waals surface area (Å²) >= 11 is 0. The quantitative estimate of drug-likeness (QED) is 0.838. The molecule has 0 saturated carbocycles. The number of hydrogen-bond donors (Lipinski definition) is 1. The fourth-order valence-electron chi connectivity index (χ4n) is 1.87. The van der Waals surface area contributed by atoms with E-state index in [9.17, 15) is 4.79 Å². The molecule has 2 rings (SSSR count). The normalized spacial score (nSPS) is 10.4. The van der Waals surface area contributed by atoms with E-state index in [-0.39, 0.29) is 5.91 Å². The molecule has 0 aliphatic rings. The molecular formula is C15H18N2O2. The number of benzene rings is 1. The molecule has 100 valence electrons. The maximum Gasteiger partial charge on any atom is 0.222 e. The van der Waals surface area contributed by atoms with Crippen LogP contribution < -0.4 is 5.73 Å². The van der Waals surface area contributed by atoms with Crippen molar-refractivity contribution in [3.05, 3.63) is 54.0 Å². The van der Waals surface area contributed by atoms with Crippen LogP contribution in [0.2, 0.25) is 0 Å². The summed E-state index contributed by atoms with van der Waals surface area (Å²) in [5, 5.41) is 0. The Kier molecular flexibility index (Phi) is 4.23. The zero-order chi connectivity index (χ0) is 13.7. The van der Waals surface area contributed by atoms with Crippen molar-refractivity contribution in [3.63, 3.8) is 0 Å². The van der Waals surface area contributed by atoms with Gasteiger partial charge in [0.25, 0.3) is 0 Å². The largest absolute Gasteiger partial charge is 0.472 e. The summed E-state index contributed by atoms with van der Waals surface area (Å²) in [5.41, 5.74) is 8.49. The zero-order valence-electron chi connectivity index (χ0n) is 11.0. The molecule has 4 heteroatoms. The number of nitrogens with zero attached hydrogens (tertiary/aromatic N) is 1. The first-order valence-corrected chi connectivity index (χ1v) is 6.24. The Bertz CT molecular complexity index is 518. The lowest BCUT2D eigenvalue weighted by atomic mass is 10.1. The zero-order valence-corrected chi connectivity index (χ0v) is 11.0. The van der Waals surface area contributed by atoms with Gasteiger partial charge in [-0.25, -0.2) is 0 Å². The van der Waals surface area contributed by atoms with E-state index in [0.29, 0.717) is 13.0 Å². The third-order valence-corrected chi connectivity index (χ3v) is 3.03. The third kappa shape index (κ3) is 3.88. The van der Waals surface area contributed by atoms with Crippen molar-refractivity contribution in [3.8, 4) is 0 Å². The van der Waals surface area contributed by atoms with Crippen LogP contribution in [0.3, 0.4) is 0 Å². The lowest BCUT2D eigenvalue weighted by Crippen LogP contribution is -2.26. The van der Waals surface area contributed by atoms with Crippen LogP contribution in [-0.2, 0) is 17.8 Å². The molecule has 0 aliphatic carbocycles. The van der Waals surface area contributed by atoms with Gasteiger partial charge in [-0.1, -0.05) is 12.1 Å². The molecule has 2 aromatic rings. The number of anilines is 1. The highest BCUT2D eigenvalue weighted by atomic mass is 16.3. The first kappa shape index (κ1) is 13.2. The van der Waals surface area contributed by atoms with Crippen molar-refractivity contribution >= 4 is 11.6 Å². The number of hydrogen-bond acceptors (Lipinski definition) is 3. The smallest absolute Gasteiger partial charge is 0.222 e. The Morgan fingerprint density at radius 2 is 1.95 bits per heavy atom. The first-order valence-electron chi connectivity index (χ1n) is 6.24. The Morgan fingerprint density at radius 3 is 2.58 bits per heavy atom. The summed E-state index contributed by atoms with van der Waals surface area (Å²) in [6, 6.07) is 9.49. The van der Waals surface area contributed by atoms with Gasteiger partial charge in [-0.15, -0.1) is 0 Å². The summed E-state index contributed by atoms with van der Waals surface area (Å²) in [6.45, 7) is 0.580. The molecule has 19 heavy (non-hydrogen) atoms. The fraction of sp³-hybridized carbons (Fsp3) is 0.267. The van der Waals surface area contributed by atoms with Crippen LogP contribution in [-0.4, -0.2) is 17.9 Å². The summed E-state index contributed by atoms with van der Waals surface area (Å²) in [4.78, 5) is 13.7. The molecule has 0 fully saturated rings. The Labute approximate surface area is 112 Å². The van der Waals surface area contributed by atoms with Gasteiger partial charge in [0, 0.05) is 31.3 Å². The predicted molar refractivity (Wildman–Crippen MR) is 74.4 cm³/mol. The maximum atomic E-state index is 12.0. The molecule has 0 spiro atoms. The number of aryl methyl sites for hydroxylation is 1. The second kappa shape index (κ2) is 6.09. The lowest BCUT2D eigenvalue weighted by molar-refractivity contribution is -0.130. The van der Waals surface area contributed by atoms with E-state index in [1.165, 1.54) is 0 Å². The van der Waals surface area contributed by atoms with Crippen molar-refractivity contribution < 1.29 is 9.21 Å². The molecule has 0 aliphatic heterocycles. The standard InChI is InChI=1S/C15H18N2O2/c1-17(10-13-8-9-19-11-13)15(18)7-4-12-2-5-14(16)6-3-12/h2-3,5-6,8-9,11H,4,7,10,16H2,1H3. The summed E-state index contributed by atoms with van der Waals surface area (Å²) in [5.74, 6) is 0.123. The minimum Gasteiger partial charge on any atom is -0.472 e. The van der Waals surface area contributed by atoms with Gasteiger partial charge < -0.3 is 15.1 Å². The van der Waals surface area contributed by atoms with Gasteiger partial charge in [-0.2, -0.15) is 0 Å². The van der Waals surface area contributed by atoms with E-state index in [4.69, 9.17) is 10.2 Å². The summed E-state index contributed by atoms with van der Waals surface area (Å²) < 4.78 is 4.99. The topological polar surface area (TPSA) is 59.5 Å². The second-order valence-electron chi connectivity index (χ2n) is 4.62. The van der Waals surface area contributed by atoms with Crippen molar-refractivity contribution in [2.45, 2.75) is 19.4 Å². The Morgan fingerprint density at radius 1 is 1.21 bits per heavy atom. The van der Waals surface area contributed by atoms with Gasteiger partial charge in [0.1, 0.15) is 0 Å². The van der Waals surface area contributed by atoms with Gasteiger partial charge >= 0.3 is 0 Å². The number of furan rings is 1. The first-order chi connectivity index (χ1) is 9.15. The molecule has 0 radical (unpaired) electrons. The van der Waals surface area contributed by atoms with Gasteiger partial charge in [-0.3, -0.25) is 4.79 Å². The van der Waals surface area contributed by atoms with E-state index in [2.05, 4.69) is 0 Å². The number of rotatable bonds is 5. The molecule has 1 aromatic carbocycles. The van der Waals surface area contributed by atoms with Gasteiger partial charge in [0.15, 0.2) is 0 Å². The number of amides is 1. The van der Waals surface area contributed by atoms with Crippen molar-refractivity contribution in [1.29, 1.82) is 0 Å². The van der Waals surface area contributed by atoms with Crippen LogP contribution >= 0.6 is 0 Å². The van der Waals surface area contributed by atoms with Gasteiger partial charge in [0.2, 0.25) is 5.91 Å². The molecule has 0 saturated heterocycles. The van der Waals surface area contributed by atoms with E-state index in [1.807, 2.05) is 30.3 Å². The Balaban J connectivity index is 1.82. The van der Waals surface area contributed by atoms with E-state index >= 15 is 0 Å². The number of carbonyl (C=O) groups is 1. The molecule has 2 N–H and O–H groups in total. The average Bonchev–Trinajstić information content (AvgIpc) is 2.90. The van der Waals surface area contributed by atoms with Crippen LogP contribution in [0.15, 0.2) is 47.3 Å². The fourth-order valence-corrected chi connectivity index (χ4v) is 1.87. The molecule has 1 amide bonds. The lowest BCUT2D eigenvalue weighted by Gasteiger charge is -2.16. The van der Waals surface area contributed by atoms with Crippen molar-refractivity contribution in [2.24, 2.45) is 0 Å². The van der Waals surface area contributed by atoms with Crippen LogP contribution in [0.25, 0.3) is 0 Å². The molecule has 0 bridgehead atoms. The highest BCUT2D eigenvalue weighted by Crippen LogP contribution is 2.10. The number of nitrogen functional groups attached to an aromatic ring is 1. The van der Waals surface area contributed by atoms with Gasteiger partial charge in [0.05, 0.1) is 12.5 Å². The second-order valence-corrected chi connectivity index (χ2v) is 4.62. The van der Waals surface area contributed by atoms with Gasteiger partial charge in [-0.05, 0) is 30.2 Å². The minimum absolute atomic E-state index is 0.123. The number of nitrogens with two attached hydrogens (primary N) is 1. The van der Waals surface area contributed by atoms with Crippen molar-refractivity contribution in [1.82, 2.24) is 4.90 Å². The summed E-state index contributed by atoms with van der Waals surface area (Å²) in [6.07, 6.45) is 4.50. The van der Waals surface area contributed by atoms with E-state index in [1.54, 1.807) is 24.5 Å². The molecule has 1 aromatic heterocycles. The van der Waals surface area contributed by atoms with Crippen molar-refractivity contribution in [2.75, 3.05) is 12.8 Å². The number of carbonyl (C=O) groups excluding carboxylic acids is 1.